The molecule has 0 aliphatic rings. The van der Waals surface area contributed by atoms with E-state index in [9.17, 15) is 4.79 Å². The molecule has 66 valence electrons. The van der Waals surface area contributed by atoms with Gasteiger partial charge in [0.2, 0.25) is 0 Å². The standard InChI is InChI=1S/C7H10N2O3/c1-5-3-8-7(12-5)9(2)4-6(10)11/h3H,4H2,1-2H3,(H,10,11). The van der Waals surface area contributed by atoms with E-state index >= 15 is 0 Å². The second-order valence-electron chi connectivity index (χ2n) is 2.50. The molecule has 1 aromatic heterocycles. The number of oxazole rings is 1. The minimum Gasteiger partial charge on any atom is -0.480 e. The van der Waals surface area contributed by atoms with Gasteiger partial charge in [-0.3, -0.25) is 4.79 Å². The van der Waals surface area contributed by atoms with Crippen LogP contribution in [0, 0.1) is 6.92 Å². The lowest BCUT2D eigenvalue weighted by Crippen LogP contribution is -2.25. The highest BCUT2D eigenvalue weighted by molar-refractivity contribution is 5.72. The van der Waals surface area contributed by atoms with Crippen molar-refractivity contribution in [2.24, 2.45) is 0 Å². The largest absolute Gasteiger partial charge is 0.480 e. The second-order valence-corrected chi connectivity index (χ2v) is 2.50. The van der Waals surface area contributed by atoms with E-state index in [1.165, 1.54) is 4.90 Å². The van der Waals surface area contributed by atoms with Crippen molar-refractivity contribution in [2.45, 2.75) is 6.92 Å². The lowest BCUT2D eigenvalue weighted by molar-refractivity contribution is -0.135. The SMILES string of the molecule is Cc1cnc(N(C)CC(=O)O)o1. The van der Waals surface area contributed by atoms with Gasteiger partial charge in [-0.05, 0) is 6.92 Å². The van der Waals surface area contributed by atoms with Crippen LogP contribution in [0.3, 0.4) is 0 Å². The zero-order chi connectivity index (χ0) is 9.14. The number of rotatable bonds is 3. The Kier molecular flexibility index (Phi) is 2.32. The van der Waals surface area contributed by atoms with Gasteiger partial charge >= 0.3 is 5.97 Å². The maximum absolute atomic E-state index is 10.3. The van der Waals surface area contributed by atoms with Crippen molar-refractivity contribution >= 4 is 12.0 Å². The first-order chi connectivity index (χ1) is 5.59. The fraction of sp³-hybridized carbons (Fsp3) is 0.429. The van der Waals surface area contributed by atoms with Gasteiger partial charge in [0.25, 0.3) is 6.01 Å². The highest BCUT2D eigenvalue weighted by Crippen LogP contribution is 2.10. The van der Waals surface area contributed by atoms with Crippen LogP contribution in [0.5, 0.6) is 0 Å². The lowest BCUT2D eigenvalue weighted by Gasteiger charge is -2.09. The number of carbonyl (C=O) groups is 1. The number of carboxylic acid groups (broad SMARTS) is 1. The Hall–Kier alpha value is -1.52. The minimum atomic E-state index is -0.909. The van der Waals surface area contributed by atoms with Crippen molar-refractivity contribution in [1.29, 1.82) is 0 Å². The maximum atomic E-state index is 10.3. The van der Waals surface area contributed by atoms with Crippen LogP contribution in [0.25, 0.3) is 0 Å². The van der Waals surface area contributed by atoms with Crippen molar-refractivity contribution in [1.82, 2.24) is 4.98 Å². The molecule has 1 rings (SSSR count). The molecule has 0 bridgehead atoms. The Morgan fingerprint density at radius 1 is 1.83 bits per heavy atom. The molecule has 1 heterocycles. The number of hydrogen-bond donors (Lipinski definition) is 1. The fourth-order valence-corrected chi connectivity index (χ4v) is 0.790. The molecule has 12 heavy (non-hydrogen) atoms. The summed E-state index contributed by atoms with van der Waals surface area (Å²) in [5.41, 5.74) is 0. The molecule has 0 aliphatic carbocycles. The van der Waals surface area contributed by atoms with E-state index in [4.69, 9.17) is 9.52 Å². The van der Waals surface area contributed by atoms with E-state index in [1.54, 1.807) is 20.2 Å². The number of aromatic nitrogens is 1. The monoisotopic (exact) mass is 170 g/mol. The van der Waals surface area contributed by atoms with Gasteiger partial charge in [0.1, 0.15) is 12.3 Å². The van der Waals surface area contributed by atoms with Gasteiger partial charge in [0.15, 0.2) is 0 Å². The minimum absolute atomic E-state index is 0.111. The molecular formula is C7H10N2O3. The van der Waals surface area contributed by atoms with Gasteiger partial charge in [0, 0.05) is 7.05 Å². The summed E-state index contributed by atoms with van der Waals surface area (Å²) in [4.78, 5) is 15.6. The fourth-order valence-electron chi connectivity index (χ4n) is 0.790. The van der Waals surface area contributed by atoms with E-state index < -0.39 is 5.97 Å². The summed E-state index contributed by atoms with van der Waals surface area (Å²) in [6.07, 6.45) is 1.55. The summed E-state index contributed by atoms with van der Waals surface area (Å²) in [6.45, 7) is 1.64. The van der Waals surface area contributed by atoms with E-state index in [0.29, 0.717) is 11.8 Å². The molecular weight excluding hydrogens is 160 g/mol. The molecule has 0 amide bonds. The molecule has 5 nitrogen and oxygen atoms in total. The summed E-state index contributed by atoms with van der Waals surface area (Å²) >= 11 is 0. The Bertz CT molecular complexity index is 282. The third kappa shape index (κ3) is 1.98. The first-order valence-corrected chi connectivity index (χ1v) is 3.45. The van der Waals surface area contributed by atoms with Crippen molar-refractivity contribution < 1.29 is 14.3 Å². The van der Waals surface area contributed by atoms with Crippen LogP contribution in [-0.4, -0.2) is 29.7 Å². The summed E-state index contributed by atoms with van der Waals surface area (Å²) in [5, 5.41) is 8.44. The number of hydrogen-bond acceptors (Lipinski definition) is 4. The van der Waals surface area contributed by atoms with Gasteiger partial charge in [0.05, 0.1) is 6.20 Å². The highest BCUT2D eigenvalue weighted by Gasteiger charge is 2.09. The topological polar surface area (TPSA) is 66.6 Å². The van der Waals surface area contributed by atoms with Crippen molar-refractivity contribution in [3.05, 3.63) is 12.0 Å². The predicted octanol–water partition coefficient (Wildman–Crippen LogP) is 0.504. The van der Waals surface area contributed by atoms with Gasteiger partial charge < -0.3 is 14.4 Å². The van der Waals surface area contributed by atoms with Gasteiger partial charge in [-0.1, -0.05) is 0 Å². The molecule has 0 radical (unpaired) electrons. The number of nitrogens with zero attached hydrogens (tertiary/aromatic N) is 2. The normalized spacial score (nSPS) is 9.83. The van der Waals surface area contributed by atoms with Crippen molar-refractivity contribution in [3.63, 3.8) is 0 Å². The van der Waals surface area contributed by atoms with E-state index in [-0.39, 0.29) is 6.54 Å². The molecule has 1 aromatic rings. The molecule has 0 saturated heterocycles. The van der Waals surface area contributed by atoms with Crippen LogP contribution < -0.4 is 4.90 Å². The molecule has 5 heteroatoms. The van der Waals surface area contributed by atoms with Crippen LogP contribution in [0.1, 0.15) is 5.76 Å². The third-order valence-electron chi connectivity index (χ3n) is 1.31. The number of aryl methyl sites for hydroxylation is 1. The van der Waals surface area contributed by atoms with E-state index in [0.717, 1.165) is 0 Å². The average molecular weight is 170 g/mol. The molecule has 0 saturated carbocycles. The summed E-state index contributed by atoms with van der Waals surface area (Å²) < 4.78 is 5.10. The third-order valence-corrected chi connectivity index (χ3v) is 1.31. The quantitative estimate of drug-likeness (QED) is 0.715. The van der Waals surface area contributed by atoms with Crippen LogP contribution >= 0.6 is 0 Å². The van der Waals surface area contributed by atoms with E-state index in [2.05, 4.69) is 4.98 Å². The molecule has 0 spiro atoms. The predicted molar refractivity (Wildman–Crippen MR) is 42.1 cm³/mol. The van der Waals surface area contributed by atoms with Crippen molar-refractivity contribution in [3.8, 4) is 0 Å². The van der Waals surface area contributed by atoms with Crippen molar-refractivity contribution in [2.75, 3.05) is 18.5 Å². The molecule has 0 unspecified atom stereocenters. The molecule has 0 aliphatic heterocycles. The van der Waals surface area contributed by atoms with Gasteiger partial charge in [-0.15, -0.1) is 0 Å². The highest BCUT2D eigenvalue weighted by atomic mass is 16.4. The second kappa shape index (κ2) is 3.25. The average Bonchev–Trinajstić information content (AvgIpc) is 2.34. The number of carboxylic acids is 1. The van der Waals surface area contributed by atoms with E-state index in [1.807, 2.05) is 0 Å². The zero-order valence-corrected chi connectivity index (χ0v) is 6.94. The summed E-state index contributed by atoms with van der Waals surface area (Å²) in [5.74, 6) is -0.240. The van der Waals surface area contributed by atoms with Crippen LogP contribution in [0.2, 0.25) is 0 Å². The Labute approximate surface area is 69.6 Å². The first-order valence-electron chi connectivity index (χ1n) is 3.45. The smallest absolute Gasteiger partial charge is 0.323 e. The number of anilines is 1. The van der Waals surface area contributed by atoms with Gasteiger partial charge in [-0.2, -0.15) is 0 Å². The summed E-state index contributed by atoms with van der Waals surface area (Å²) in [6, 6.07) is 0.329. The molecule has 1 N–H and O–H groups in total. The zero-order valence-electron chi connectivity index (χ0n) is 6.94. The Morgan fingerprint density at radius 2 is 2.50 bits per heavy atom. The molecule has 0 fully saturated rings. The maximum Gasteiger partial charge on any atom is 0.323 e. The molecule has 0 atom stereocenters. The lowest BCUT2D eigenvalue weighted by atomic mass is 10.6. The van der Waals surface area contributed by atoms with Gasteiger partial charge in [-0.25, -0.2) is 4.98 Å². The Balaban J connectivity index is 2.64. The first kappa shape index (κ1) is 8.58. The number of aliphatic carboxylic acids is 1. The number of likely N-dealkylation sites (N-methyl/N-ethyl adjacent to an activating group) is 1. The summed E-state index contributed by atoms with van der Waals surface area (Å²) in [7, 11) is 1.61. The molecule has 0 aromatic carbocycles. The van der Waals surface area contributed by atoms with Crippen LogP contribution in [-0.2, 0) is 4.79 Å². The van der Waals surface area contributed by atoms with Crippen LogP contribution in [0.15, 0.2) is 10.6 Å². The Morgan fingerprint density at radius 3 is 2.92 bits per heavy atom. The van der Waals surface area contributed by atoms with Crippen LogP contribution in [0.4, 0.5) is 6.01 Å².